The topological polar surface area (TPSA) is 38.7 Å². The van der Waals surface area contributed by atoms with Crippen LogP contribution in [0.5, 0.6) is 0 Å². The summed E-state index contributed by atoms with van der Waals surface area (Å²) in [4.78, 5) is 15.6. The minimum atomic E-state index is -0.101. The molecule has 1 aliphatic rings. The van der Waals surface area contributed by atoms with Gasteiger partial charge in [0.2, 0.25) is 0 Å². The molecule has 10 aromatic rings. The summed E-state index contributed by atoms with van der Waals surface area (Å²) < 4.78 is 0. The number of fused-ring (bicyclic) bond motifs is 7. The molecule has 0 atom stereocenters. The van der Waals surface area contributed by atoms with Gasteiger partial charge in [-0.25, -0.2) is 15.0 Å². The molecular weight excluding hydrogens is 691 g/mol. The summed E-state index contributed by atoms with van der Waals surface area (Å²) in [6, 6.07) is 67.3. The molecule has 3 heteroatoms. The van der Waals surface area contributed by atoms with E-state index in [1.165, 1.54) is 65.7 Å². The van der Waals surface area contributed by atoms with E-state index in [1.807, 2.05) is 18.2 Å². The van der Waals surface area contributed by atoms with Crippen LogP contribution in [0.1, 0.15) is 25.0 Å². The van der Waals surface area contributed by atoms with Gasteiger partial charge in [0.05, 0.1) is 0 Å². The number of benzene rings is 9. The van der Waals surface area contributed by atoms with Gasteiger partial charge in [0.25, 0.3) is 0 Å². The molecule has 1 aromatic heterocycles. The van der Waals surface area contributed by atoms with Gasteiger partial charge in [0.1, 0.15) is 0 Å². The van der Waals surface area contributed by atoms with Crippen LogP contribution in [0.25, 0.3) is 99.9 Å². The van der Waals surface area contributed by atoms with Gasteiger partial charge in [0, 0.05) is 22.1 Å². The summed E-state index contributed by atoms with van der Waals surface area (Å²) in [5.74, 6) is 1.93. The molecular formula is C54H37N3. The van der Waals surface area contributed by atoms with Gasteiger partial charge in [-0.2, -0.15) is 0 Å². The molecule has 9 aromatic carbocycles. The van der Waals surface area contributed by atoms with Gasteiger partial charge in [0.15, 0.2) is 17.5 Å². The van der Waals surface area contributed by atoms with Gasteiger partial charge < -0.3 is 0 Å². The van der Waals surface area contributed by atoms with Crippen LogP contribution in [0.2, 0.25) is 0 Å². The second kappa shape index (κ2) is 12.9. The molecule has 0 amide bonds. The van der Waals surface area contributed by atoms with Crippen molar-refractivity contribution in [3.05, 3.63) is 199 Å². The van der Waals surface area contributed by atoms with Crippen LogP contribution in [-0.4, -0.2) is 15.0 Å². The molecule has 268 valence electrons. The van der Waals surface area contributed by atoms with Crippen molar-refractivity contribution in [1.82, 2.24) is 15.0 Å². The Kier molecular flexibility index (Phi) is 7.52. The fourth-order valence-electron chi connectivity index (χ4n) is 9.15. The standard InChI is InChI=1S/C54H37N3/c1-54(2)47-25-13-12-23-45(47)50-42(24-14-26-48(50)54)41-21-10-11-22-44(41)53-56-51(36-16-4-3-5-17-36)55-52(57-53)37-29-27-35(28-30-37)49-40-20-9-7-18-38(40)33-46-39-19-8-6-15-34(39)31-32-43(46)49/h3-33H,1-2H3. The highest BCUT2D eigenvalue weighted by Gasteiger charge is 2.36. The molecule has 0 saturated carbocycles. The molecule has 0 saturated heterocycles. The van der Waals surface area contributed by atoms with Gasteiger partial charge in [-0.1, -0.05) is 196 Å². The molecule has 0 spiro atoms. The Balaban J connectivity index is 1.08. The minimum absolute atomic E-state index is 0.101. The average Bonchev–Trinajstić information content (AvgIpc) is 3.51. The van der Waals surface area contributed by atoms with Crippen molar-refractivity contribution >= 4 is 32.3 Å². The van der Waals surface area contributed by atoms with Crippen molar-refractivity contribution in [1.29, 1.82) is 0 Å². The molecule has 1 heterocycles. The highest BCUT2D eigenvalue weighted by Crippen LogP contribution is 2.53. The normalized spacial score (nSPS) is 12.9. The molecule has 0 aliphatic heterocycles. The Morgan fingerprint density at radius 1 is 0.316 bits per heavy atom. The Morgan fingerprint density at radius 3 is 1.67 bits per heavy atom. The van der Waals surface area contributed by atoms with Crippen LogP contribution in [0.15, 0.2) is 188 Å². The highest BCUT2D eigenvalue weighted by molar-refractivity contribution is 6.20. The minimum Gasteiger partial charge on any atom is -0.208 e. The van der Waals surface area contributed by atoms with Crippen LogP contribution >= 0.6 is 0 Å². The predicted molar refractivity (Wildman–Crippen MR) is 237 cm³/mol. The lowest BCUT2D eigenvalue weighted by Gasteiger charge is -2.21. The van der Waals surface area contributed by atoms with Crippen molar-refractivity contribution in [3.8, 4) is 67.5 Å². The first-order valence-corrected chi connectivity index (χ1v) is 19.6. The monoisotopic (exact) mass is 727 g/mol. The summed E-state index contributed by atoms with van der Waals surface area (Å²) in [5.41, 5.74) is 12.7. The number of rotatable bonds is 5. The van der Waals surface area contributed by atoms with Gasteiger partial charge >= 0.3 is 0 Å². The first-order valence-electron chi connectivity index (χ1n) is 19.6. The predicted octanol–water partition coefficient (Wildman–Crippen LogP) is 14.0. The first kappa shape index (κ1) is 33.1. The molecule has 0 N–H and O–H groups in total. The summed E-state index contributed by atoms with van der Waals surface area (Å²) in [6.07, 6.45) is 0. The van der Waals surface area contributed by atoms with Crippen molar-refractivity contribution in [3.63, 3.8) is 0 Å². The van der Waals surface area contributed by atoms with Gasteiger partial charge in [-0.05, 0) is 82.9 Å². The second-order valence-corrected chi connectivity index (χ2v) is 15.5. The maximum Gasteiger partial charge on any atom is 0.164 e. The molecule has 11 rings (SSSR count). The van der Waals surface area contributed by atoms with Crippen molar-refractivity contribution in [2.75, 3.05) is 0 Å². The van der Waals surface area contributed by atoms with Gasteiger partial charge in [-0.3, -0.25) is 0 Å². The zero-order valence-corrected chi connectivity index (χ0v) is 31.7. The highest BCUT2D eigenvalue weighted by atomic mass is 15.0. The van der Waals surface area contributed by atoms with Crippen LogP contribution in [0.3, 0.4) is 0 Å². The average molecular weight is 728 g/mol. The number of hydrogen-bond acceptors (Lipinski definition) is 3. The quantitative estimate of drug-likeness (QED) is 0.131. The third kappa shape index (κ3) is 5.31. The Morgan fingerprint density at radius 2 is 0.877 bits per heavy atom. The smallest absolute Gasteiger partial charge is 0.164 e. The lowest BCUT2D eigenvalue weighted by Crippen LogP contribution is -2.14. The molecule has 0 fully saturated rings. The lowest BCUT2D eigenvalue weighted by molar-refractivity contribution is 0.660. The maximum absolute atomic E-state index is 5.27. The fourth-order valence-corrected chi connectivity index (χ4v) is 9.15. The largest absolute Gasteiger partial charge is 0.208 e. The van der Waals surface area contributed by atoms with E-state index in [0.29, 0.717) is 17.5 Å². The van der Waals surface area contributed by atoms with E-state index in [9.17, 15) is 0 Å². The lowest BCUT2D eigenvalue weighted by atomic mass is 9.82. The van der Waals surface area contributed by atoms with E-state index in [2.05, 4.69) is 184 Å². The van der Waals surface area contributed by atoms with E-state index < -0.39 is 0 Å². The zero-order valence-electron chi connectivity index (χ0n) is 31.7. The van der Waals surface area contributed by atoms with Crippen molar-refractivity contribution in [2.24, 2.45) is 0 Å². The number of hydrogen-bond donors (Lipinski definition) is 0. The van der Waals surface area contributed by atoms with Crippen LogP contribution in [-0.2, 0) is 5.41 Å². The van der Waals surface area contributed by atoms with E-state index in [0.717, 1.165) is 27.8 Å². The van der Waals surface area contributed by atoms with Crippen LogP contribution in [0, 0.1) is 0 Å². The maximum atomic E-state index is 5.27. The summed E-state index contributed by atoms with van der Waals surface area (Å²) in [5, 5.41) is 7.47. The fraction of sp³-hybridized carbons (Fsp3) is 0.0556. The van der Waals surface area contributed by atoms with Gasteiger partial charge in [-0.15, -0.1) is 0 Å². The molecule has 0 radical (unpaired) electrons. The Hall–Kier alpha value is -7.23. The molecule has 3 nitrogen and oxygen atoms in total. The number of nitrogens with zero attached hydrogens (tertiary/aromatic N) is 3. The molecule has 0 unspecified atom stereocenters. The van der Waals surface area contributed by atoms with E-state index in [1.54, 1.807) is 0 Å². The van der Waals surface area contributed by atoms with E-state index in [4.69, 9.17) is 15.0 Å². The zero-order chi connectivity index (χ0) is 38.1. The third-order valence-corrected chi connectivity index (χ3v) is 11.9. The van der Waals surface area contributed by atoms with Crippen molar-refractivity contribution in [2.45, 2.75) is 19.3 Å². The first-order chi connectivity index (χ1) is 28.0. The van der Waals surface area contributed by atoms with Crippen LogP contribution in [0.4, 0.5) is 0 Å². The summed E-state index contributed by atoms with van der Waals surface area (Å²) >= 11 is 0. The molecule has 1 aliphatic carbocycles. The van der Waals surface area contributed by atoms with Crippen LogP contribution < -0.4 is 0 Å². The Bertz CT molecular complexity index is 3200. The third-order valence-electron chi connectivity index (χ3n) is 11.9. The molecule has 57 heavy (non-hydrogen) atoms. The number of aromatic nitrogens is 3. The van der Waals surface area contributed by atoms with Crippen molar-refractivity contribution < 1.29 is 0 Å². The summed E-state index contributed by atoms with van der Waals surface area (Å²) in [7, 11) is 0. The SMILES string of the molecule is CC1(C)c2ccccc2-c2c(-c3ccccc3-c3nc(-c4ccccc4)nc(-c4ccc(-c5c6ccccc6cc6c5ccc5ccccc56)cc4)n3)cccc21. The Labute approximate surface area is 332 Å². The van der Waals surface area contributed by atoms with E-state index >= 15 is 0 Å². The second-order valence-electron chi connectivity index (χ2n) is 15.5. The van der Waals surface area contributed by atoms with E-state index in [-0.39, 0.29) is 5.41 Å². The molecule has 0 bridgehead atoms. The summed E-state index contributed by atoms with van der Waals surface area (Å²) in [6.45, 7) is 4.65.